The second-order valence-electron chi connectivity index (χ2n) is 2.69. The molecule has 80 valence electrons. The minimum atomic E-state index is -4.50. The van der Waals surface area contributed by atoms with E-state index in [9.17, 15) is 13.2 Å². The molecule has 0 radical (unpaired) electrons. The number of halogens is 3. The number of anilines is 1. The highest BCUT2D eigenvalue weighted by molar-refractivity contribution is 5.42. The van der Waals surface area contributed by atoms with Crippen molar-refractivity contribution in [3.63, 3.8) is 0 Å². The van der Waals surface area contributed by atoms with Crippen LogP contribution in [0.5, 0.6) is 0 Å². The number of methoxy groups -OCH3 is 1. The van der Waals surface area contributed by atoms with Gasteiger partial charge in [-0.05, 0) is 0 Å². The number of nitrogen functional groups attached to an aromatic ring is 1. The van der Waals surface area contributed by atoms with Crippen LogP contribution >= 0.6 is 0 Å². The van der Waals surface area contributed by atoms with Gasteiger partial charge in [-0.3, -0.25) is 4.68 Å². The van der Waals surface area contributed by atoms with E-state index in [1.54, 1.807) is 0 Å². The van der Waals surface area contributed by atoms with Crippen molar-refractivity contribution < 1.29 is 17.9 Å². The van der Waals surface area contributed by atoms with Gasteiger partial charge in [-0.1, -0.05) is 0 Å². The molecule has 0 fully saturated rings. The zero-order valence-corrected chi connectivity index (χ0v) is 7.51. The van der Waals surface area contributed by atoms with Crippen molar-refractivity contribution in [2.45, 2.75) is 12.7 Å². The summed E-state index contributed by atoms with van der Waals surface area (Å²) in [7, 11) is 1.46. The first kappa shape index (κ1) is 10.8. The summed E-state index contributed by atoms with van der Waals surface area (Å²) < 4.78 is 42.4. The first-order valence-corrected chi connectivity index (χ1v) is 3.84. The fourth-order valence-electron chi connectivity index (χ4n) is 0.956. The van der Waals surface area contributed by atoms with E-state index in [4.69, 9.17) is 10.5 Å². The molecule has 14 heavy (non-hydrogen) atoms. The molecule has 0 spiro atoms. The minimum absolute atomic E-state index is 0.247. The normalized spacial score (nSPS) is 12.0. The van der Waals surface area contributed by atoms with Gasteiger partial charge in [-0.2, -0.15) is 18.3 Å². The van der Waals surface area contributed by atoms with Crippen LogP contribution in [0.25, 0.3) is 0 Å². The van der Waals surface area contributed by atoms with Crippen LogP contribution in [0.3, 0.4) is 0 Å². The van der Waals surface area contributed by atoms with Gasteiger partial charge in [-0.15, -0.1) is 0 Å². The molecule has 0 aliphatic heterocycles. The van der Waals surface area contributed by atoms with Crippen molar-refractivity contribution in [2.75, 3.05) is 19.5 Å². The van der Waals surface area contributed by atoms with E-state index in [1.165, 1.54) is 7.11 Å². The summed E-state index contributed by atoms with van der Waals surface area (Å²) in [6.45, 7) is 0.537. The Morgan fingerprint density at radius 3 is 2.64 bits per heavy atom. The van der Waals surface area contributed by atoms with Gasteiger partial charge in [0.05, 0.1) is 18.8 Å². The Balaban J connectivity index is 2.83. The van der Waals surface area contributed by atoms with E-state index >= 15 is 0 Å². The second-order valence-corrected chi connectivity index (χ2v) is 2.69. The van der Waals surface area contributed by atoms with Gasteiger partial charge in [0.25, 0.3) is 0 Å². The maximum absolute atomic E-state index is 12.2. The molecule has 0 aliphatic rings. The molecule has 0 aromatic carbocycles. The van der Waals surface area contributed by atoms with Crippen LogP contribution in [0.1, 0.15) is 5.69 Å². The number of ether oxygens (including phenoxy) is 1. The van der Waals surface area contributed by atoms with Crippen molar-refractivity contribution in [1.82, 2.24) is 9.78 Å². The molecular weight excluding hydrogens is 199 g/mol. The van der Waals surface area contributed by atoms with E-state index in [1.807, 2.05) is 0 Å². The number of nitrogens with two attached hydrogens (primary N) is 1. The molecule has 0 unspecified atom stereocenters. The molecule has 0 saturated heterocycles. The molecule has 0 amide bonds. The molecule has 0 aliphatic carbocycles. The van der Waals surface area contributed by atoms with Crippen LogP contribution in [0, 0.1) is 0 Å². The molecule has 0 bridgehead atoms. The quantitative estimate of drug-likeness (QED) is 0.811. The third-order valence-corrected chi connectivity index (χ3v) is 1.58. The zero-order valence-electron chi connectivity index (χ0n) is 7.51. The van der Waals surface area contributed by atoms with E-state index in [0.717, 1.165) is 10.9 Å². The van der Waals surface area contributed by atoms with Crippen LogP contribution in [-0.2, 0) is 17.5 Å². The molecule has 4 nitrogen and oxygen atoms in total. The van der Waals surface area contributed by atoms with Gasteiger partial charge in [0.2, 0.25) is 0 Å². The van der Waals surface area contributed by atoms with Crippen molar-refractivity contribution in [1.29, 1.82) is 0 Å². The monoisotopic (exact) mass is 209 g/mol. The van der Waals surface area contributed by atoms with Crippen LogP contribution in [0.4, 0.5) is 18.9 Å². The Hall–Kier alpha value is -1.24. The number of hydrogen-bond acceptors (Lipinski definition) is 3. The summed E-state index contributed by atoms with van der Waals surface area (Å²) in [4.78, 5) is 0. The Morgan fingerprint density at radius 2 is 2.21 bits per heavy atom. The molecule has 2 N–H and O–H groups in total. The van der Waals surface area contributed by atoms with Gasteiger partial charge >= 0.3 is 6.18 Å². The van der Waals surface area contributed by atoms with Gasteiger partial charge in [0.1, 0.15) is 0 Å². The highest BCUT2D eigenvalue weighted by atomic mass is 19.4. The Morgan fingerprint density at radius 1 is 1.57 bits per heavy atom. The van der Waals surface area contributed by atoms with E-state index in [2.05, 4.69) is 5.10 Å². The molecule has 1 rings (SSSR count). The fourth-order valence-corrected chi connectivity index (χ4v) is 0.956. The lowest BCUT2D eigenvalue weighted by Gasteiger charge is -2.02. The first-order chi connectivity index (χ1) is 6.45. The lowest BCUT2D eigenvalue weighted by molar-refractivity contribution is -0.140. The summed E-state index contributed by atoms with van der Waals surface area (Å²) in [6, 6.07) is 0. The molecular formula is C7H10F3N3O. The highest BCUT2D eigenvalue weighted by Crippen LogP contribution is 2.31. The predicted molar refractivity (Wildman–Crippen MR) is 43.5 cm³/mol. The van der Waals surface area contributed by atoms with Gasteiger partial charge in [0, 0.05) is 13.3 Å². The Kier molecular flexibility index (Phi) is 3.00. The largest absolute Gasteiger partial charge is 0.437 e. The Labute approximate surface area is 78.4 Å². The maximum Gasteiger partial charge on any atom is 0.437 e. The summed E-state index contributed by atoms with van der Waals surface area (Å²) >= 11 is 0. The average molecular weight is 209 g/mol. The summed E-state index contributed by atoms with van der Waals surface area (Å²) in [5.74, 6) is 0. The first-order valence-electron chi connectivity index (χ1n) is 3.84. The smallest absolute Gasteiger partial charge is 0.396 e. The zero-order chi connectivity index (χ0) is 10.8. The van der Waals surface area contributed by atoms with Crippen LogP contribution in [-0.4, -0.2) is 23.5 Å². The van der Waals surface area contributed by atoms with Gasteiger partial charge < -0.3 is 10.5 Å². The minimum Gasteiger partial charge on any atom is -0.396 e. The number of rotatable bonds is 3. The molecule has 1 aromatic rings. The van der Waals surface area contributed by atoms with Crippen molar-refractivity contribution >= 4 is 5.69 Å². The summed E-state index contributed by atoms with van der Waals surface area (Å²) in [5, 5.41) is 3.31. The van der Waals surface area contributed by atoms with Crippen LogP contribution in [0.2, 0.25) is 0 Å². The van der Waals surface area contributed by atoms with Crippen molar-refractivity contribution in [2.24, 2.45) is 0 Å². The lowest BCUT2D eigenvalue weighted by Crippen LogP contribution is -2.10. The third kappa shape index (κ3) is 2.38. The maximum atomic E-state index is 12.2. The lowest BCUT2D eigenvalue weighted by atomic mass is 10.4. The van der Waals surface area contributed by atoms with E-state index < -0.39 is 11.9 Å². The van der Waals surface area contributed by atoms with E-state index in [0.29, 0.717) is 6.61 Å². The molecule has 7 heteroatoms. The topological polar surface area (TPSA) is 53.1 Å². The van der Waals surface area contributed by atoms with Crippen molar-refractivity contribution in [3.8, 4) is 0 Å². The van der Waals surface area contributed by atoms with Crippen LogP contribution < -0.4 is 5.73 Å². The summed E-state index contributed by atoms with van der Waals surface area (Å²) in [6.07, 6.45) is -3.36. The van der Waals surface area contributed by atoms with Gasteiger partial charge in [-0.25, -0.2) is 0 Å². The molecule has 0 atom stereocenters. The summed E-state index contributed by atoms with van der Waals surface area (Å²) in [5.41, 5.74) is 3.74. The number of alkyl halides is 3. The molecule has 0 saturated carbocycles. The number of aromatic nitrogens is 2. The highest BCUT2D eigenvalue weighted by Gasteiger charge is 2.36. The second kappa shape index (κ2) is 3.87. The fraction of sp³-hybridized carbons (Fsp3) is 0.571. The van der Waals surface area contributed by atoms with Gasteiger partial charge in [0.15, 0.2) is 5.69 Å². The third-order valence-electron chi connectivity index (χ3n) is 1.58. The van der Waals surface area contributed by atoms with E-state index in [-0.39, 0.29) is 12.2 Å². The van der Waals surface area contributed by atoms with Crippen molar-refractivity contribution in [3.05, 3.63) is 11.9 Å². The number of nitrogens with zero attached hydrogens (tertiary/aromatic N) is 2. The molecule has 1 heterocycles. The van der Waals surface area contributed by atoms with Crippen LogP contribution in [0.15, 0.2) is 6.20 Å². The Bertz CT molecular complexity index is 308. The molecule has 1 aromatic heterocycles. The predicted octanol–water partition coefficient (Wildman–Crippen LogP) is 1.13. The average Bonchev–Trinajstić information content (AvgIpc) is 2.42. The standard InChI is InChI=1S/C7H10F3N3O/c1-14-3-2-13-4-5(11)6(12-13)7(8,9)10/h4H,2-3,11H2,1H3. The SMILES string of the molecule is COCCn1cc(N)c(C(F)(F)F)n1. The number of hydrogen-bond donors (Lipinski definition) is 1.